The molecule has 1 saturated heterocycles. The molecule has 7 heteroatoms. The number of carbonyl (C=O) groups excluding carboxylic acids is 2. The highest BCUT2D eigenvalue weighted by Crippen LogP contribution is 2.25. The number of piperazine rings is 1. The van der Waals surface area contributed by atoms with E-state index in [1.807, 2.05) is 24.3 Å². The maximum absolute atomic E-state index is 13.0. The fourth-order valence-corrected chi connectivity index (χ4v) is 4.08. The van der Waals surface area contributed by atoms with Crippen molar-refractivity contribution in [3.05, 3.63) is 59.5 Å². The minimum Gasteiger partial charge on any atom is -0.459 e. The average Bonchev–Trinajstić information content (AvgIpc) is 3.31. The van der Waals surface area contributed by atoms with Crippen molar-refractivity contribution >= 4 is 11.8 Å². The maximum Gasteiger partial charge on any atom is 0.290 e. The number of amides is 2. The van der Waals surface area contributed by atoms with Crippen molar-refractivity contribution in [1.82, 2.24) is 20.4 Å². The maximum atomic E-state index is 13.0. The molecule has 0 aliphatic carbocycles. The molecule has 1 unspecified atom stereocenters. The highest BCUT2D eigenvalue weighted by atomic mass is 16.3. The Morgan fingerprint density at radius 3 is 2.66 bits per heavy atom. The van der Waals surface area contributed by atoms with E-state index in [1.165, 1.54) is 6.26 Å². The van der Waals surface area contributed by atoms with Gasteiger partial charge in [-0.15, -0.1) is 0 Å². The number of furan rings is 1. The highest BCUT2D eigenvalue weighted by Gasteiger charge is 2.35. The van der Waals surface area contributed by atoms with Crippen molar-refractivity contribution < 1.29 is 14.0 Å². The number of nitrogens with one attached hydrogen (secondary N) is 2. The molecule has 2 amide bonds. The third kappa shape index (κ3) is 4.68. The number of hydrogen-bond acceptors (Lipinski definition) is 5. The molecule has 1 fully saturated rings. The zero-order valence-corrected chi connectivity index (χ0v) is 16.6. The van der Waals surface area contributed by atoms with Crippen molar-refractivity contribution in [3.63, 3.8) is 0 Å². The van der Waals surface area contributed by atoms with Gasteiger partial charge < -0.3 is 24.9 Å². The summed E-state index contributed by atoms with van der Waals surface area (Å²) in [6.45, 7) is 6.16. The van der Waals surface area contributed by atoms with Crippen LogP contribution in [0.1, 0.15) is 28.1 Å². The van der Waals surface area contributed by atoms with Gasteiger partial charge in [-0.05, 0) is 36.2 Å². The van der Waals surface area contributed by atoms with E-state index >= 15 is 0 Å². The van der Waals surface area contributed by atoms with Gasteiger partial charge >= 0.3 is 0 Å². The third-order valence-corrected chi connectivity index (χ3v) is 5.70. The summed E-state index contributed by atoms with van der Waals surface area (Å²) in [5.41, 5.74) is 2.20. The molecular formula is C22H28N4O3. The number of fused-ring (bicyclic) bond motifs is 1. The Kier molecular flexibility index (Phi) is 6.27. The second-order valence-corrected chi connectivity index (χ2v) is 7.64. The summed E-state index contributed by atoms with van der Waals surface area (Å²) in [4.78, 5) is 30.0. The smallest absolute Gasteiger partial charge is 0.290 e. The highest BCUT2D eigenvalue weighted by molar-refractivity contribution is 5.96. The van der Waals surface area contributed by atoms with Crippen LogP contribution in [0, 0.1) is 0 Å². The molecule has 7 nitrogen and oxygen atoms in total. The van der Waals surface area contributed by atoms with E-state index in [4.69, 9.17) is 4.42 Å². The molecule has 3 heterocycles. The zero-order chi connectivity index (χ0) is 20.1. The lowest BCUT2D eigenvalue weighted by atomic mass is 9.93. The molecule has 2 aromatic rings. The lowest BCUT2D eigenvalue weighted by molar-refractivity contribution is -0.126. The molecule has 1 atom stereocenters. The number of hydrogen-bond donors (Lipinski definition) is 2. The molecule has 0 radical (unpaired) electrons. The Hall–Kier alpha value is -2.64. The third-order valence-electron chi connectivity index (χ3n) is 5.70. The summed E-state index contributed by atoms with van der Waals surface area (Å²) >= 11 is 0. The topological polar surface area (TPSA) is 77.8 Å². The molecule has 2 aliphatic rings. The molecule has 0 spiro atoms. The Bertz CT molecular complexity index is 830. The standard InChI is InChI=1S/C22H28N4O3/c27-21(24-8-4-11-25-12-9-23-10-13-25)19-15-17-5-1-2-6-18(17)16-26(19)22(28)20-7-3-14-29-20/h1-3,5-7,14,19,23H,4,8-13,15-16H2,(H,24,27). The van der Waals surface area contributed by atoms with Gasteiger partial charge in [-0.2, -0.15) is 0 Å². The SMILES string of the molecule is O=C(NCCCN1CCNCC1)C1Cc2ccccc2CN1C(=O)c1ccco1. The zero-order valence-electron chi connectivity index (χ0n) is 16.6. The minimum absolute atomic E-state index is 0.0975. The second-order valence-electron chi connectivity index (χ2n) is 7.64. The van der Waals surface area contributed by atoms with E-state index in [9.17, 15) is 9.59 Å². The van der Waals surface area contributed by atoms with Crippen LogP contribution in [0.5, 0.6) is 0 Å². The fraction of sp³-hybridized carbons (Fsp3) is 0.455. The van der Waals surface area contributed by atoms with E-state index in [0.717, 1.165) is 50.3 Å². The van der Waals surface area contributed by atoms with Crippen LogP contribution in [0.2, 0.25) is 0 Å². The molecule has 0 bridgehead atoms. The van der Waals surface area contributed by atoms with Crippen LogP contribution in [0.4, 0.5) is 0 Å². The summed E-state index contributed by atoms with van der Waals surface area (Å²) in [6, 6.07) is 10.8. The number of nitrogens with zero attached hydrogens (tertiary/aromatic N) is 2. The summed E-state index contributed by atoms with van der Waals surface area (Å²) < 4.78 is 5.30. The average molecular weight is 396 g/mol. The van der Waals surface area contributed by atoms with E-state index in [2.05, 4.69) is 15.5 Å². The van der Waals surface area contributed by atoms with Crippen LogP contribution >= 0.6 is 0 Å². The van der Waals surface area contributed by atoms with Crippen LogP contribution in [0.15, 0.2) is 47.1 Å². The van der Waals surface area contributed by atoms with Crippen molar-refractivity contribution in [1.29, 1.82) is 0 Å². The van der Waals surface area contributed by atoms with E-state index in [0.29, 0.717) is 19.5 Å². The minimum atomic E-state index is -0.526. The van der Waals surface area contributed by atoms with Gasteiger partial charge in [-0.1, -0.05) is 24.3 Å². The first-order chi connectivity index (χ1) is 14.2. The van der Waals surface area contributed by atoms with E-state index in [1.54, 1.807) is 17.0 Å². The van der Waals surface area contributed by atoms with Crippen molar-refractivity contribution in [3.8, 4) is 0 Å². The second kappa shape index (κ2) is 9.24. The van der Waals surface area contributed by atoms with Crippen LogP contribution < -0.4 is 10.6 Å². The predicted octanol–water partition coefficient (Wildman–Crippen LogP) is 1.26. The molecule has 4 rings (SSSR count). The number of carbonyl (C=O) groups is 2. The van der Waals surface area contributed by atoms with Gasteiger partial charge in [0.2, 0.25) is 5.91 Å². The molecule has 1 aromatic heterocycles. The largest absolute Gasteiger partial charge is 0.459 e. The Labute approximate surface area is 171 Å². The van der Waals surface area contributed by atoms with E-state index in [-0.39, 0.29) is 17.6 Å². The van der Waals surface area contributed by atoms with Crippen molar-refractivity contribution in [2.75, 3.05) is 39.3 Å². The first-order valence-electron chi connectivity index (χ1n) is 10.3. The molecule has 154 valence electrons. The first kappa shape index (κ1) is 19.7. The monoisotopic (exact) mass is 396 g/mol. The summed E-state index contributed by atoms with van der Waals surface area (Å²) in [7, 11) is 0. The summed E-state index contributed by atoms with van der Waals surface area (Å²) in [5.74, 6) is -0.0777. The van der Waals surface area contributed by atoms with Gasteiger partial charge in [0.25, 0.3) is 5.91 Å². The van der Waals surface area contributed by atoms with Crippen molar-refractivity contribution in [2.45, 2.75) is 25.4 Å². The number of benzene rings is 1. The molecule has 1 aromatic carbocycles. The Morgan fingerprint density at radius 1 is 1.10 bits per heavy atom. The molecule has 29 heavy (non-hydrogen) atoms. The van der Waals surface area contributed by atoms with Crippen LogP contribution in [0.3, 0.4) is 0 Å². The van der Waals surface area contributed by atoms with Crippen LogP contribution in [0.25, 0.3) is 0 Å². The van der Waals surface area contributed by atoms with E-state index < -0.39 is 6.04 Å². The fourth-order valence-electron chi connectivity index (χ4n) is 4.08. The van der Waals surface area contributed by atoms with Crippen LogP contribution in [-0.4, -0.2) is 66.9 Å². The molecule has 0 saturated carbocycles. The van der Waals surface area contributed by atoms with Gasteiger partial charge in [0.05, 0.1) is 6.26 Å². The van der Waals surface area contributed by atoms with Crippen molar-refractivity contribution in [2.24, 2.45) is 0 Å². The molecular weight excluding hydrogens is 368 g/mol. The Balaban J connectivity index is 1.39. The predicted molar refractivity (Wildman–Crippen MR) is 109 cm³/mol. The van der Waals surface area contributed by atoms with Gasteiger partial charge in [0, 0.05) is 45.7 Å². The Morgan fingerprint density at radius 2 is 1.90 bits per heavy atom. The molecule has 2 N–H and O–H groups in total. The van der Waals surface area contributed by atoms with Gasteiger partial charge in [-0.25, -0.2) is 0 Å². The summed E-state index contributed by atoms with van der Waals surface area (Å²) in [5, 5.41) is 6.39. The van der Waals surface area contributed by atoms with Gasteiger partial charge in [0.15, 0.2) is 5.76 Å². The number of rotatable bonds is 6. The normalized spacial score (nSPS) is 19.6. The quantitative estimate of drug-likeness (QED) is 0.719. The van der Waals surface area contributed by atoms with Crippen LogP contribution in [-0.2, 0) is 17.8 Å². The lowest BCUT2D eigenvalue weighted by Gasteiger charge is -2.35. The lowest BCUT2D eigenvalue weighted by Crippen LogP contribution is -2.52. The van der Waals surface area contributed by atoms with Gasteiger partial charge in [-0.3, -0.25) is 9.59 Å². The summed E-state index contributed by atoms with van der Waals surface area (Å²) in [6.07, 6.45) is 2.91. The molecule has 2 aliphatic heterocycles. The first-order valence-corrected chi connectivity index (χ1v) is 10.3. The van der Waals surface area contributed by atoms with Gasteiger partial charge in [0.1, 0.15) is 6.04 Å².